The van der Waals surface area contributed by atoms with Crippen molar-refractivity contribution in [2.75, 3.05) is 29.6 Å². The summed E-state index contributed by atoms with van der Waals surface area (Å²) in [5.74, 6) is 0.576. The van der Waals surface area contributed by atoms with Gasteiger partial charge in [0.1, 0.15) is 0 Å². The monoisotopic (exact) mass is 255 g/mol. The van der Waals surface area contributed by atoms with Gasteiger partial charge < -0.3 is 10.0 Å². The molecule has 1 aromatic carbocycles. The first-order valence-corrected chi connectivity index (χ1v) is 6.93. The molecule has 1 amide bonds. The van der Waals surface area contributed by atoms with Crippen molar-refractivity contribution in [2.24, 2.45) is 0 Å². The summed E-state index contributed by atoms with van der Waals surface area (Å²) in [6.07, 6.45) is 0. The number of nitrogens with zero attached hydrogens (tertiary/aromatic N) is 1. The highest BCUT2D eigenvalue weighted by atomic mass is 32.2. The minimum absolute atomic E-state index is 0.0720. The Bertz CT molecular complexity index is 381. The van der Waals surface area contributed by atoms with E-state index >= 15 is 0 Å². The standard InChI is InChI=1S/C12H17NO3S/c1-11(15)13(7-9-17(16)10-8-14)12-5-3-2-4-6-12/h2-6,14H,7-10H2,1H3. The number of amides is 1. The summed E-state index contributed by atoms with van der Waals surface area (Å²) in [6.45, 7) is 1.81. The first kappa shape index (κ1) is 13.9. The molecule has 5 heteroatoms. The number of hydrogen-bond donors (Lipinski definition) is 1. The van der Waals surface area contributed by atoms with Crippen molar-refractivity contribution in [3.05, 3.63) is 30.3 Å². The van der Waals surface area contributed by atoms with Crippen LogP contribution in [0.25, 0.3) is 0 Å². The number of hydrogen-bond acceptors (Lipinski definition) is 3. The quantitative estimate of drug-likeness (QED) is 0.817. The second-order valence-corrected chi connectivity index (χ2v) is 5.27. The van der Waals surface area contributed by atoms with Gasteiger partial charge in [0.25, 0.3) is 0 Å². The molecular formula is C12H17NO3S. The Morgan fingerprint density at radius 3 is 2.47 bits per heavy atom. The maximum Gasteiger partial charge on any atom is 0.223 e. The third-order valence-electron chi connectivity index (χ3n) is 2.31. The molecule has 1 N–H and O–H groups in total. The van der Waals surface area contributed by atoms with E-state index in [0.717, 1.165) is 5.69 Å². The summed E-state index contributed by atoms with van der Waals surface area (Å²) in [5, 5.41) is 8.65. The number of para-hydroxylation sites is 1. The van der Waals surface area contributed by atoms with Crippen molar-refractivity contribution in [3.8, 4) is 0 Å². The average molecular weight is 255 g/mol. The van der Waals surface area contributed by atoms with E-state index in [-0.39, 0.29) is 18.3 Å². The van der Waals surface area contributed by atoms with Crippen LogP contribution in [0.15, 0.2) is 30.3 Å². The molecule has 0 radical (unpaired) electrons. The Kier molecular flexibility index (Phi) is 5.86. The van der Waals surface area contributed by atoms with E-state index in [0.29, 0.717) is 12.3 Å². The summed E-state index contributed by atoms with van der Waals surface area (Å²) < 4.78 is 11.4. The van der Waals surface area contributed by atoms with Crippen LogP contribution in [0.2, 0.25) is 0 Å². The summed E-state index contributed by atoms with van der Waals surface area (Å²) in [5.41, 5.74) is 0.806. The maximum atomic E-state index is 11.5. The van der Waals surface area contributed by atoms with Gasteiger partial charge in [-0.05, 0) is 12.1 Å². The van der Waals surface area contributed by atoms with Crippen molar-refractivity contribution < 1.29 is 14.1 Å². The Balaban J connectivity index is 2.62. The molecule has 1 atom stereocenters. The Hall–Kier alpha value is -1.20. The highest BCUT2D eigenvalue weighted by Crippen LogP contribution is 2.13. The number of aliphatic hydroxyl groups is 1. The van der Waals surface area contributed by atoms with Crippen LogP contribution in [0.5, 0.6) is 0 Å². The zero-order valence-electron chi connectivity index (χ0n) is 9.83. The van der Waals surface area contributed by atoms with Gasteiger partial charge in [0.05, 0.1) is 6.61 Å². The van der Waals surface area contributed by atoms with Crippen LogP contribution in [0.4, 0.5) is 5.69 Å². The van der Waals surface area contributed by atoms with E-state index in [4.69, 9.17) is 5.11 Å². The predicted octanol–water partition coefficient (Wildman–Crippen LogP) is 0.780. The fourth-order valence-corrected chi connectivity index (χ4v) is 2.27. The minimum Gasteiger partial charge on any atom is -0.395 e. The van der Waals surface area contributed by atoms with Crippen LogP contribution in [-0.4, -0.2) is 39.9 Å². The van der Waals surface area contributed by atoms with Gasteiger partial charge in [-0.1, -0.05) is 18.2 Å². The molecule has 0 aliphatic heterocycles. The Labute approximate surface area is 104 Å². The van der Waals surface area contributed by atoms with Gasteiger partial charge in [0, 0.05) is 41.5 Å². The highest BCUT2D eigenvalue weighted by Gasteiger charge is 2.11. The second kappa shape index (κ2) is 7.19. The zero-order chi connectivity index (χ0) is 12.7. The van der Waals surface area contributed by atoms with Gasteiger partial charge in [-0.25, -0.2) is 0 Å². The summed E-state index contributed by atoms with van der Waals surface area (Å²) in [4.78, 5) is 13.1. The molecule has 1 aromatic rings. The lowest BCUT2D eigenvalue weighted by Crippen LogP contribution is -2.32. The van der Waals surface area contributed by atoms with Crippen LogP contribution in [-0.2, 0) is 15.6 Å². The third kappa shape index (κ3) is 4.66. The fourth-order valence-electron chi connectivity index (χ4n) is 1.47. The van der Waals surface area contributed by atoms with Crippen LogP contribution in [0.1, 0.15) is 6.92 Å². The number of benzene rings is 1. The fraction of sp³-hybridized carbons (Fsp3) is 0.417. The maximum absolute atomic E-state index is 11.5. The summed E-state index contributed by atoms with van der Waals surface area (Å²) >= 11 is 0. The number of anilines is 1. The van der Waals surface area contributed by atoms with Crippen LogP contribution in [0.3, 0.4) is 0 Å². The van der Waals surface area contributed by atoms with Crippen LogP contribution in [0, 0.1) is 0 Å². The van der Waals surface area contributed by atoms with Crippen LogP contribution >= 0.6 is 0 Å². The molecule has 0 aliphatic carbocycles. The normalized spacial score (nSPS) is 12.1. The van der Waals surface area contributed by atoms with Gasteiger partial charge >= 0.3 is 0 Å². The second-order valence-electron chi connectivity index (χ2n) is 3.58. The van der Waals surface area contributed by atoms with E-state index in [1.54, 1.807) is 4.90 Å². The molecule has 17 heavy (non-hydrogen) atoms. The van der Waals surface area contributed by atoms with E-state index < -0.39 is 10.8 Å². The lowest BCUT2D eigenvalue weighted by molar-refractivity contribution is -0.116. The number of carbonyl (C=O) groups excluding carboxylic acids is 1. The zero-order valence-corrected chi connectivity index (χ0v) is 10.7. The molecule has 1 unspecified atom stereocenters. The van der Waals surface area contributed by atoms with E-state index in [2.05, 4.69) is 0 Å². The molecule has 1 rings (SSSR count). The molecular weight excluding hydrogens is 238 g/mol. The Morgan fingerprint density at radius 1 is 1.29 bits per heavy atom. The van der Waals surface area contributed by atoms with Gasteiger partial charge in [0.2, 0.25) is 5.91 Å². The molecule has 0 heterocycles. The minimum atomic E-state index is -1.07. The highest BCUT2D eigenvalue weighted by molar-refractivity contribution is 7.85. The molecule has 4 nitrogen and oxygen atoms in total. The SMILES string of the molecule is CC(=O)N(CCS(=O)CCO)c1ccccc1. The first-order valence-electron chi connectivity index (χ1n) is 5.44. The van der Waals surface area contributed by atoms with Gasteiger partial charge in [-0.15, -0.1) is 0 Å². The largest absolute Gasteiger partial charge is 0.395 e. The Morgan fingerprint density at radius 2 is 1.94 bits per heavy atom. The number of rotatable bonds is 6. The van der Waals surface area contributed by atoms with Crippen LogP contribution < -0.4 is 4.90 Å². The van der Waals surface area contributed by atoms with Crippen molar-refractivity contribution >= 4 is 22.4 Å². The first-order chi connectivity index (χ1) is 8.15. The van der Waals surface area contributed by atoms with Gasteiger partial charge in [0.15, 0.2) is 0 Å². The van der Waals surface area contributed by atoms with Crippen molar-refractivity contribution in [2.45, 2.75) is 6.92 Å². The lowest BCUT2D eigenvalue weighted by Gasteiger charge is -2.20. The molecule has 0 spiro atoms. The van der Waals surface area contributed by atoms with E-state index in [9.17, 15) is 9.00 Å². The predicted molar refractivity (Wildman–Crippen MR) is 69.4 cm³/mol. The lowest BCUT2D eigenvalue weighted by atomic mass is 10.3. The van der Waals surface area contributed by atoms with Crippen molar-refractivity contribution in [1.29, 1.82) is 0 Å². The third-order valence-corrected chi connectivity index (χ3v) is 3.59. The molecule has 0 bridgehead atoms. The number of carbonyl (C=O) groups is 1. The van der Waals surface area contributed by atoms with E-state index in [1.807, 2.05) is 30.3 Å². The molecule has 0 aliphatic rings. The van der Waals surface area contributed by atoms with Gasteiger partial charge in [-0.2, -0.15) is 0 Å². The molecule has 0 saturated heterocycles. The summed E-state index contributed by atoms with van der Waals surface area (Å²) in [6, 6.07) is 9.28. The molecule has 0 fully saturated rings. The molecule has 94 valence electrons. The molecule has 0 aromatic heterocycles. The smallest absolute Gasteiger partial charge is 0.223 e. The van der Waals surface area contributed by atoms with E-state index in [1.165, 1.54) is 6.92 Å². The van der Waals surface area contributed by atoms with Crippen molar-refractivity contribution in [1.82, 2.24) is 0 Å². The number of aliphatic hydroxyl groups excluding tert-OH is 1. The van der Waals surface area contributed by atoms with Crippen molar-refractivity contribution in [3.63, 3.8) is 0 Å². The van der Waals surface area contributed by atoms with Gasteiger partial charge in [-0.3, -0.25) is 9.00 Å². The topological polar surface area (TPSA) is 57.6 Å². The average Bonchev–Trinajstić information content (AvgIpc) is 2.30. The molecule has 0 saturated carbocycles. The summed E-state index contributed by atoms with van der Waals surface area (Å²) in [7, 11) is -1.07.